The number of aromatic nitrogens is 1. The second kappa shape index (κ2) is 9.80. The summed E-state index contributed by atoms with van der Waals surface area (Å²) >= 11 is 1.53. The average molecular weight is 503 g/mol. The summed E-state index contributed by atoms with van der Waals surface area (Å²) in [5.74, 6) is 2.03. The highest BCUT2D eigenvalue weighted by Crippen LogP contribution is 2.39. The Labute approximate surface area is 210 Å². The van der Waals surface area contributed by atoms with Gasteiger partial charge in [0.15, 0.2) is 17.2 Å². The van der Waals surface area contributed by atoms with Crippen LogP contribution in [0, 0.1) is 0 Å². The van der Waals surface area contributed by atoms with Crippen LogP contribution >= 0.6 is 11.3 Å². The normalized spacial score (nSPS) is 21.8. The molecule has 0 bridgehead atoms. The number of piperidine rings is 1. The Morgan fingerprint density at radius 1 is 1.26 bits per heavy atom. The first-order valence-electron chi connectivity index (χ1n) is 11.7. The zero-order valence-electron chi connectivity index (χ0n) is 21.1. The number of anilines is 2. The first-order valence-corrected chi connectivity index (χ1v) is 12.5. The number of carbonyl (C=O) groups is 1. The van der Waals surface area contributed by atoms with Crippen molar-refractivity contribution in [3.05, 3.63) is 29.4 Å². The summed E-state index contributed by atoms with van der Waals surface area (Å²) in [5.41, 5.74) is 2.13. The topological polar surface area (TPSA) is 109 Å². The number of guanidine groups is 1. The Bertz CT molecular complexity index is 1100. The summed E-state index contributed by atoms with van der Waals surface area (Å²) in [6.07, 6.45) is 1.42. The van der Waals surface area contributed by atoms with E-state index in [1.165, 1.54) is 11.3 Å². The number of nitrogens with one attached hydrogen (secondary N) is 3. The van der Waals surface area contributed by atoms with Crippen molar-refractivity contribution in [3.8, 4) is 11.5 Å². The number of ether oxygens (including phenoxy) is 3. The van der Waals surface area contributed by atoms with Crippen LogP contribution in [-0.2, 0) is 10.4 Å². The molecule has 4 rings (SSSR count). The molecule has 1 aromatic heterocycles. The SMILES string of the molecule is COc1ccc(NC2(C)N=C(N3CCCC(NC(=O)OC(C)(C)C)C3)Nc3scnc32)cc1OC. The summed E-state index contributed by atoms with van der Waals surface area (Å²) < 4.78 is 16.3. The number of hydrogen-bond acceptors (Lipinski definition) is 10. The summed E-state index contributed by atoms with van der Waals surface area (Å²) in [4.78, 5) is 24.1. The fourth-order valence-electron chi connectivity index (χ4n) is 4.27. The molecule has 10 nitrogen and oxygen atoms in total. The van der Waals surface area contributed by atoms with Crippen LogP contribution in [0.25, 0.3) is 0 Å². The van der Waals surface area contributed by atoms with Gasteiger partial charge in [-0.1, -0.05) is 0 Å². The van der Waals surface area contributed by atoms with Gasteiger partial charge < -0.3 is 35.1 Å². The van der Waals surface area contributed by atoms with Gasteiger partial charge in [0.25, 0.3) is 0 Å². The maximum atomic E-state index is 12.3. The molecule has 190 valence electrons. The molecular formula is C24H34N6O4S. The van der Waals surface area contributed by atoms with E-state index >= 15 is 0 Å². The first kappa shape index (κ1) is 24.9. The minimum absolute atomic E-state index is 0.0315. The largest absolute Gasteiger partial charge is 0.493 e. The fraction of sp³-hybridized carbons (Fsp3) is 0.542. The highest BCUT2D eigenvalue weighted by Gasteiger charge is 2.38. The molecule has 1 fully saturated rings. The quantitative estimate of drug-likeness (QED) is 0.558. The third kappa shape index (κ3) is 5.72. The predicted octanol–water partition coefficient (Wildman–Crippen LogP) is 4.22. The molecule has 0 spiro atoms. The highest BCUT2D eigenvalue weighted by molar-refractivity contribution is 7.14. The van der Waals surface area contributed by atoms with Crippen molar-refractivity contribution in [3.63, 3.8) is 0 Å². The van der Waals surface area contributed by atoms with Gasteiger partial charge in [-0.05, 0) is 52.7 Å². The van der Waals surface area contributed by atoms with E-state index in [0.29, 0.717) is 18.0 Å². The molecule has 0 radical (unpaired) electrons. The number of fused-ring (bicyclic) bond motifs is 1. The standard InChI is InChI=1S/C24H34N6O4S/c1-23(2,3)34-22(31)26-16-8-7-11-30(13-16)21-27-20-19(25-14-35-20)24(4,29-21)28-15-9-10-17(32-5)18(12-15)33-6/h9-10,12,14,16,28H,7-8,11,13H2,1-6H3,(H,26,31)(H,27,29). The lowest BCUT2D eigenvalue weighted by Gasteiger charge is -2.39. The van der Waals surface area contributed by atoms with Crippen LogP contribution in [0.3, 0.4) is 0 Å². The minimum atomic E-state index is -0.805. The Balaban J connectivity index is 1.55. The molecule has 35 heavy (non-hydrogen) atoms. The van der Waals surface area contributed by atoms with Gasteiger partial charge in [-0.3, -0.25) is 0 Å². The number of rotatable bonds is 5. The number of aliphatic imine (C=N–C) groups is 1. The molecule has 2 aromatic rings. The predicted molar refractivity (Wildman–Crippen MR) is 138 cm³/mol. The van der Waals surface area contributed by atoms with Crippen molar-refractivity contribution in [1.29, 1.82) is 0 Å². The number of thiazole rings is 1. The summed E-state index contributed by atoms with van der Waals surface area (Å²) in [5, 5.41) is 10.9. The number of carbonyl (C=O) groups excluding carboxylic acids is 1. The maximum absolute atomic E-state index is 12.3. The van der Waals surface area contributed by atoms with Gasteiger partial charge in [0.05, 0.1) is 19.7 Å². The Morgan fingerprint density at radius 2 is 2.03 bits per heavy atom. The van der Waals surface area contributed by atoms with E-state index in [9.17, 15) is 4.79 Å². The number of likely N-dealkylation sites (tertiary alicyclic amines) is 1. The Kier molecular flexibility index (Phi) is 6.98. The number of nitrogens with zero attached hydrogens (tertiary/aromatic N) is 3. The van der Waals surface area contributed by atoms with E-state index in [-0.39, 0.29) is 6.04 Å². The molecule has 2 atom stereocenters. The fourth-order valence-corrected chi connectivity index (χ4v) is 5.05. The summed E-state index contributed by atoms with van der Waals surface area (Å²) in [7, 11) is 3.22. The van der Waals surface area contributed by atoms with Crippen molar-refractivity contribution in [2.75, 3.05) is 37.9 Å². The molecule has 2 unspecified atom stereocenters. The molecule has 0 saturated carbocycles. The second-order valence-electron chi connectivity index (χ2n) is 9.79. The molecule has 2 aliphatic heterocycles. The van der Waals surface area contributed by atoms with Crippen LogP contribution in [-0.4, -0.2) is 60.9 Å². The highest BCUT2D eigenvalue weighted by atomic mass is 32.1. The Morgan fingerprint density at radius 3 is 2.74 bits per heavy atom. The Hall–Kier alpha value is -3.21. The van der Waals surface area contributed by atoms with Gasteiger partial charge >= 0.3 is 6.09 Å². The number of amides is 1. The van der Waals surface area contributed by atoms with Crippen LogP contribution in [0.2, 0.25) is 0 Å². The van der Waals surface area contributed by atoms with Crippen molar-refractivity contribution >= 4 is 34.1 Å². The zero-order chi connectivity index (χ0) is 25.2. The number of hydrogen-bond donors (Lipinski definition) is 3. The molecular weight excluding hydrogens is 468 g/mol. The van der Waals surface area contributed by atoms with E-state index in [0.717, 1.165) is 41.7 Å². The molecule has 1 saturated heterocycles. The van der Waals surface area contributed by atoms with Gasteiger partial charge in [-0.25, -0.2) is 14.8 Å². The zero-order valence-corrected chi connectivity index (χ0v) is 21.9. The van der Waals surface area contributed by atoms with Gasteiger partial charge in [0.1, 0.15) is 16.3 Å². The molecule has 11 heteroatoms. The summed E-state index contributed by atoms with van der Waals surface area (Å²) in [6, 6.07) is 5.64. The molecule has 3 heterocycles. The monoisotopic (exact) mass is 502 g/mol. The maximum Gasteiger partial charge on any atom is 0.407 e. The van der Waals surface area contributed by atoms with Gasteiger partial charge in [-0.15, -0.1) is 11.3 Å². The lowest BCUT2D eigenvalue weighted by Crippen LogP contribution is -2.53. The van der Waals surface area contributed by atoms with Crippen LogP contribution in [0.4, 0.5) is 15.5 Å². The van der Waals surface area contributed by atoms with Crippen molar-refractivity contribution in [2.45, 2.75) is 57.8 Å². The van der Waals surface area contributed by atoms with Gasteiger partial charge in [-0.2, -0.15) is 0 Å². The first-order chi connectivity index (χ1) is 16.6. The van der Waals surface area contributed by atoms with Crippen molar-refractivity contribution < 1.29 is 19.0 Å². The van der Waals surface area contributed by atoms with E-state index in [1.807, 2.05) is 51.4 Å². The van der Waals surface area contributed by atoms with Crippen LogP contribution in [0.15, 0.2) is 28.7 Å². The smallest absolute Gasteiger partial charge is 0.407 e. The third-order valence-electron chi connectivity index (χ3n) is 5.80. The van der Waals surface area contributed by atoms with Crippen LogP contribution in [0.1, 0.15) is 46.2 Å². The minimum Gasteiger partial charge on any atom is -0.493 e. The van der Waals surface area contributed by atoms with Crippen LogP contribution in [0.5, 0.6) is 11.5 Å². The van der Waals surface area contributed by atoms with Gasteiger partial charge in [0, 0.05) is 30.9 Å². The van der Waals surface area contributed by atoms with Gasteiger partial charge in [0.2, 0.25) is 5.96 Å². The molecule has 0 aliphatic carbocycles. The van der Waals surface area contributed by atoms with E-state index in [1.54, 1.807) is 14.2 Å². The molecule has 1 amide bonds. The van der Waals surface area contributed by atoms with Crippen molar-refractivity contribution in [1.82, 2.24) is 15.2 Å². The van der Waals surface area contributed by atoms with E-state index < -0.39 is 17.4 Å². The van der Waals surface area contributed by atoms with E-state index in [2.05, 4.69) is 25.8 Å². The molecule has 2 aliphatic rings. The van der Waals surface area contributed by atoms with E-state index in [4.69, 9.17) is 19.2 Å². The number of methoxy groups -OCH3 is 2. The van der Waals surface area contributed by atoms with Crippen molar-refractivity contribution in [2.24, 2.45) is 4.99 Å². The molecule has 1 aromatic carbocycles. The second-order valence-corrected chi connectivity index (χ2v) is 10.6. The lowest BCUT2D eigenvalue weighted by molar-refractivity contribution is 0.0485. The third-order valence-corrected chi connectivity index (χ3v) is 6.54. The summed E-state index contributed by atoms with van der Waals surface area (Å²) in [6.45, 7) is 9.05. The average Bonchev–Trinajstić information content (AvgIpc) is 3.27. The number of alkyl carbamates (subject to hydrolysis) is 1. The lowest BCUT2D eigenvalue weighted by atomic mass is 10.1. The number of benzene rings is 1. The van der Waals surface area contributed by atoms with Crippen LogP contribution < -0.4 is 25.4 Å². The molecule has 3 N–H and O–H groups in total.